The first-order valence-electron chi connectivity index (χ1n) is 8.20. The molecule has 138 valence electrons. The number of benzene rings is 2. The molecule has 2 aromatic rings. The van der Waals surface area contributed by atoms with Crippen molar-refractivity contribution in [2.45, 2.75) is 13.3 Å². The molecule has 0 saturated carbocycles. The van der Waals surface area contributed by atoms with Crippen LogP contribution in [0, 0.1) is 10.1 Å². The van der Waals surface area contributed by atoms with Crippen LogP contribution in [0.3, 0.4) is 0 Å². The van der Waals surface area contributed by atoms with Gasteiger partial charge < -0.3 is 14.3 Å². The predicted octanol–water partition coefficient (Wildman–Crippen LogP) is 3.32. The van der Waals surface area contributed by atoms with E-state index in [-0.39, 0.29) is 36.1 Å². The van der Waals surface area contributed by atoms with Crippen molar-refractivity contribution in [1.82, 2.24) is 0 Å². The van der Waals surface area contributed by atoms with Gasteiger partial charge in [0.1, 0.15) is 0 Å². The normalized spacial score (nSPS) is 13.3. The Kier molecular flexibility index (Phi) is 5.46. The molecule has 1 aliphatic rings. The lowest BCUT2D eigenvalue weighted by atomic mass is 10.1. The topological polar surface area (TPSA) is 100 Å². The second-order valence-electron chi connectivity index (χ2n) is 5.53. The summed E-state index contributed by atoms with van der Waals surface area (Å²) in [5.74, 6) is -0.406. The van der Waals surface area contributed by atoms with Crippen LogP contribution in [-0.2, 0) is 25.5 Å². The molecular weight excluding hydrogens is 352 g/mol. The standard InChI is InChI=1S/C19H16N2O6/c1-2-25-19(22)17-16(12-13-8-10-15(11-9-13)21(23)24)26-18(20-27-17)14-6-4-3-5-7-14/h3-11H,2,12H2,1H3. The summed E-state index contributed by atoms with van der Waals surface area (Å²) in [4.78, 5) is 27.7. The van der Waals surface area contributed by atoms with E-state index in [0.29, 0.717) is 11.1 Å². The molecule has 0 N–H and O–H groups in total. The number of hydrogen-bond donors (Lipinski definition) is 0. The van der Waals surface area contributed by atoms with Crippen molar-refractivity contribution in [2.24, 2.45) is 5.16 Å². The van der Waals surface area contributed by atoms with E-state index in [2.05, 4.69) is 5.16 Å². The fraction of sp³-hybridized carbons (Fsp3) is 0.158. The van der Waals surface area contributed by atoms with E-state index < -0.39 is 10.9 Å². The first-order chi connectivity index (χ1) is 13.1. The van der Waals surface area contributed by atoms with Crippen molar-refractivity contribution < 1.29 is 24.0 Å². The molecule has 1 aliphatic heterocycles. The minimum absolute atomic E-state index is 0.0225. The highest BCUT2D eigenvalue weighted by atomic mass is 16.7. The molecule has 0 unspecified atom stereocenters. The van der Waals surface area contributed by atoms with E-state index in [0.717, 1.165) is 0 Å². The molecule has 8 heteroatoms. The zero-order valence-corrected chi connectivity index (χ0v) is 14.5. The molecule has 0 aliphatic carbocycles. The zero-order valence-electron chi connectivity index (χ0n) is 14.5. The predicted molar refractivity (Wildman–Crippen MR) is 95.6 cm³/mol. The van der Waals surface area contributed by atoms with Crippen LogP contribution < -0.4 is 0 Å². The van der Waals surface area contributed by atoms with E-state index in [1.54, 1.807) is 31.2 Å². The molecule has 0 aromatic heterocycles. The lowest BCUT2D eigenvalue weighted by Crippen LogP contribution is -2.21. The van der Waals surface area contributed by atoms with Gasteiger partial charge in [0, 0.05) is 24.1 Å². The fourth-order valence-corrected chi connectivity index (χ4v) is 2.40. The average Bonchev–Trinajstić information content (AvgIpc) is 2.69. The van der Waals surface area contributed by atoms with Gasteiger partial charge in [0.2, 0.25) is 0 Å². The summed E-state index contributed by atoms with van der Waals surface area (Å²) >= 11 is 0. The molecule has 0 fully saturated rings. The number of nitro benzene ring substituents is 1. The average molecular weight is 368 g/mol. The van der Waals surface area contributed by atoms with Crippen LogP contribution in [0.15, 0.2) is 71.3 Å². The smallest absolute Gasteiger partial charge is 0.380 e. The number of hydrogen-bond acceptors (Lipinski definition) is 7. The highest BCUT2D eigenvalue weighted by Gasteiger charge is 2.28. The monoisotopic (exact) mass is 368 g/mol. The first-order valence-corrected chi connectivity index (χ1v) is 8.20. The second kappa shape index (κ2) is 8.13. The molecule has 1 heterocycles. The van der Waals surface area contributed by atoms with E-state index in [1.807, 2.05) is 18.2 Å². The molecule has 0 saturated heterocycles. The maximum Gasteiger partial charge on any atom is 0.380 e. The third-order valence-corrected chi connectivity index (χ3v) is 3.69. The van der Waals surface area contributed by atoms with Gasteiger partial charge in [-0.1, -0.05) is 30.3 Å². The van der Waals surface area contributed by atoms with Crippen molar-refractivity contribution in [3.8, 4) is 0 Å². The Hall–Kier alpha value is -3.68. The minimum atomic E-state index is -0.690. The Morgan fingerprint density at radius 2 is 1.85 bits per heavy atom. The van der Waals surface area contributed by atoms with E-state index in [9.17, 15) is 14.9 Å². The molecule has 8 nitrogen and oxygen atoms in total. The van der Waals surface area contributed by atoms with Crippen LogP contribution in [-0.4, -0.2) is 23.4 Å². The van der Waals surface area contributed by atoms with Gasteiger partial charge in [0.25, 0.3) is 17.3 Å². The minimum Gasteiger partial charge on any atom is -0.460 e. The Bertz CT molecular complexity index is 904. The Labute approximate surface area is 154 Å². The number of carbonyl (C=O) groups is 1. The van der Waals surface area contributed by atoms with Crippen LogP contribution >= 0.6 is 0 Å². The summed E-state index contributed by atoms with van der Waals surface area (Å²) < 4.78 is 10.8. The number of allylic oxidation sites excluding steroid dienone is 1. The fourth-order valence-electron chi connectivity index (χ4n) is 2.40. The summed E-state index contributed by atoms with van der Waals surface area (Å²) in [5.41, 5.74) is 1.36. The third kappa shape index (κ3) is 4.30. The van der Waals surface area contributed by atoms with Gasteiger partial charge in [-0.2, -0.15) is 0 Å². The van der Waals surface area contributed by atoms with Crippen LogP contribution in [0.4, 0.5) is 5.69 Å². The van der Waals surface area contributed by atoms with Crippen LogP contribution in [0.2, 0.25) is 0 Å². The van der Waals surface area contributed by atoms with Crippen molar-refractivity contribution in [3.05, 3.63) is 87.4 Å². The molecular formula is C19H16N2O6. The largest absolute Gasteiger partial charge is 0.460 e. The van der Waals surface area contributed by atoms with E-state index in [4.69, 9.17) is 14.3 Å². The summed E-state index contributed by atoms with van der Waals surface area (Å²) in [6.07, 6.45) is 0.179. The molecule has 3 rings (SSSR count). The highest BCUT2D eigenvalue weighted by molar-refractivity contribution is 5.96. The summed E-state index contributed by atoms with van der Waals surface area (Å²) in [7, 11) is 0. The van der Waals surface area contributed by atoms with Crippen molar-refractivity contribution in [2.75, 3.05) is 6.61 Å². The number of oxime groups is 1. The molecule has 0 radical (unpaired) electrons. The van der Waals surface area contributed by atoms with Gasteiger partial charge in [-0.25, -0.2) is 4.79 Å². The molecule has 0 bridgehead atoms. The van der Waals surface area contributed by atoms with Gasteiger partial charge in [-0.3, -0.25) is 10.1 Å². The quantitative estimate of drug-likeness (QED) is 0.440. The van der Waals surface area contributed by atoms with Gasteiger partial charge in [-0.05, 0) is 29.8 Å². The SMILES string of the molecule is CCOC(=O)C1=C(Cc2ccc([N+](=O)[O-])cc2)OC(c2ccccc2)=NO1. The molecule has 0 atom stereocenters. The Morgan fingerprint density at radius 1 is 1.15 bits per heavy atom. The Balaban J connectivity index is 1.87. The third-order valence-electron chi connectivity index (χ3n) is 3.69. The van der Waals surface area contributed by atoms with E-state index in [1.165, 1.54) is 12.1 Å². The summed E-state index contributed by atoms with van der Waals surface area (Å²) in [5, 5.41) is 14.7. The van der Waals surface area contributed by atoms with Gasteiger partial charge in [0.05, 0.1) is 11.5 Å². The number of ether oxygens (including phenoxy) is 2. The summed E-state index contributed by atoms with van der Waals surface area (Å²) in [6, 6.07) is 15.0. The molecule has 0 amide bonds. The zero-order chi connectivity index (χ0) is 19.2. The van der Waals surface area contributed by atoms with E-state index >= 15 is 0 Å². The number of rotatable bonds is 6. The second-order valence-corrected chi connectivity index (χ2v) is 5.53. The number of esters is 1. The summed E-state index contributed by atoms with van der Waals surface area (Å²) in [6.45, 7) is 1.85. The highest BCUT2D eigenvalue weighted by Crippen LogP contribution is 2.24. The number of non-ortho nitro benzene ring substituents is 1. The number of nitro groups is 1. The van der Waals surface area contributed by atoms with Crippen molar-refractivity contribution in [3.63, 3.8) is 0 Å². The lowest BCUT2D eigenvalue weighted by Gasteiger charge is -2.19. The first kappa shape index (κ1) is 18.1. The van der Waals surface area contributed by atoms with Gasteiger partial charge >= 0.3 is 5.97 Å². The maximum atomic E-state index is 12.1. The number of nitrogens with zero attached hydrogens (tertiary/aromatic N) is 2. The molecule has 27 heavy (non-hydrogen) atoms. The number of carbonyl (C=O) groups excluding carboxylic acids is 1. The van der Waals surface area contributed by atoms with Gasteiger partial charge in [-0.15, -0.1) is 0 Å². The van der Waals surface area contributed by atoms with Crippen LogP contribution in [0.25, 0.3) is 0 Å². The lowest BCUT2D eigenvalue weighted by molar-refractivity contribution is -0.384. The Morgan fingerprint density at radius 3 is 2.48 bits per heavy atom. The molecule has 2 aromatic carbocycles. The van der Waals surface area contributed by atoms with Crippen LogP contribution in [0.5, 0.6) is 0 Å². The van der Waals surface area contributed by atoms with Gasteiger partial charge in [0.15, 0.2) is 5.76 Å². The maximum absolute atomic E-state index is 12.1. The molecule has 0 spiro atoms. The van der Waals surface area contributed by atoms with Crippen molar-refractivity contribution in [1.29, 1.82) is 0 Å². The van der Waals surface area contributed by atoms with Crippen molar-refractivity contribution >= 4 is 17.6 Å². The van der Waals surface area contributed by atoms with Crippen LogP contribution in [0.1, 0.15) is 18.1 Å².